The second-order valence-electron chi connectivity index (χ2n) is 7.09. The molecule has 0 bridgehead atoms. The van der Waals surface area contributed by atoms with E-state index < -0.39 is 33.5 Å². The van der Waals surface area contributed by atoms with Crippen molar-refractivity contribution in [3.05, 3.63) is 71.8 Å². The third-order valence-electron chi connectivity index (χ3n) is 5.13. The molecular formula is C21H24F2N4O4S. The first kappa shape index (κ1) is 23.8. The maximum Gasteiger partial charge on any atom is 0.161 e. The number of hydrogen-bond acceptors (Lipinski definition) is 6. The predicted molar refractivity (Wildman–Crippen MR) is 114 cm³/mol. The molecule has 11 heteroatoms. The van der Waals surface area contributed by atoms with Crippen LogP contribution < -0.4 is 14.2 Å². The van der Waals surface area contributed by atoms with E-state index in [1.165, 1.54) is 38.5 Å². The van der Waals surface area contributed by atoms with E-state index >= 15 is 0 Å². The van der Waals surface area contributed by atoms with E-state index in [0.29, 0.717) is 17.6 Å². The summed E-state index contributed by atoms with van der Waals surface area (Å²) in [7, 11) is 1.22. The van der Waals surface area contributed by atoms with Crippen molar-refractivity contribution in [1.29, 1.82) is 0 Å². The minimum Gasteiger partial charge on any atom is -0.493 e. The average molecular weight is 467 g/mol. The summed E-state index contributed by atoms with van der Waals surface area (Å²) in [5, 5.41) is 14.4. The number of halogens is 2. The Morgan fingerprint density at radius 3 is 2.56 bits per heavy atom. The van der Waals surface area contributed by atoms with Crippen LogP contribution in [0.5, 0.6) is 11.5 Å². The van der Waals surface area contributed by atoms with Gasteiger partial charge in [0.15, 0.2) is 11.5 Å². The summed E-state index contributed by atoms with van der Waals surface area (Å²) in [5.74, 6) is -0.660. The van der Waals surface area contributed by atoms with Gasteiger partial charge >= 0.3 is 0 Å². The van der Waals surface area contributed by atoms with E-state index in [1.807, 2.05) is 0 Å². The Kier molecular flexibility index (Phi) is 7.54. The zero-order chi connectivity index (χ0) is 23.3. The fourth-order valence-electron chi connectivity index (χ4n) is 3.28. The average Bonchev–Trinajstić information content (AvgIpc) is 3.29. The SMILES string of the molecule is COc1ccc(CNS(=O)[C@H](C)[C@](O)(Cn2cncn2)c2ccc(F)cc2F)cc1OC. The first-order chi connectivity index (χ1) is 15.3. The zero-order valence-corrected chi connectivity index (χ0v) is 18.6. The number of aliphatic hydroxyl groups is 1. The number of rotatable bonds is 10. The van der Waals surface area contributed by atoms with Gasteiger partial charge in [0.05, 0.1) is 37.0 Å². The molecule has 3 atom stereocenters. The summed E-state index contributed by atoms with van der Waals surface area (Å²) in [6, 6.07) is 8.08. The number of nitrogens with one attached hydrogen (secondary N) is 1. The van der Waals surface area contributed by atoms with Gasteiger partial charge < -0.3 is 14.6 Å². The predicted octanol–water partition coefficient (Wildman–Crippen LogP) is 2.30. The highest BCUT2D eigenvalue weighted by Crippen LogP contribution is 2.32. The molecule has 0 saturated heterocycles. The van der Waals surface area contributed by atoms with Crippen LogP contribution in [0.3, 0.4) is 0 Å². The van der Waals surface area contributed by atoms with Gasteiger partial charge in [0.25, 0.3) is 0 Å². The standard InChI is InChI=1S/C21H24F2N4O4S/c1-14(32(29)26-10-15-4-7-19(30-2)20(8-15)31-3)21(28,11-27-13-24-12-25-27)17-6-5-16(22)9-18(17)23/h4-9,12-14,26,28H,10-11H2,1-3H3/t14-,21-,32?/m1/s1. The van der Waals surface area contributed by atoms with Gasteiger partial charge in [-0.05, 0) is 30.7 Å². The Labute approximate surface area is 186 Å². The normalized spacial score (nSPS) is 15.1. The van der Waals surface area contributed by atoms with Gasteiger partial charge in [0, 0.05) is 18.2 Å². The summed E-state index contributed by atoms with van der Waals surface area (Å²) in [6.45, 7) is 1.46. The Hall–Kier alpha value is -2.89. The highest BCUT2D eigenvalue weighted by atomic mass is 32.2. The third-order valence-corrected chi connectivity index (χ3v) is 6.59. The molecule has 3 aromatic rings. The van der Waals surface area contributed by atoms with Crippen LogP contribution in [0.2, 0.25) is 0 Å². The van der Waals surface area contributed by atoms with E-state index in [0.717, 1.165) is 17.7 Å². The quantitative estimate of drug-likeness (QED) is 0.476. The highest BCUT2D eigenvalue weighted by Gasteiger charge is 2.42. The molecule has 0 aliphatic heterocycles. The lowest BCUT2D eigenvalue weighted by atomic mass is 9.90. The lowest BCUT2D eigenvalue weighted by Gasteiger charge is -2.34. The molecule has 2 aromatic carbocycles. The smallest absolute Gasteiger partial charge is 0.161 e. The highest BCUT2D eigenvalue weighted by molar-refractivity contribution is 7.83. The summed E-state index contributed by atoms with van der Waals surface area (Å²) >= 11 is 0. The number of ether oxygens (including phenoxy) is 2. The van der Waals surface area contributed by atoms with E-state index in [-0.39, 0.29) is 18.7 Å². The van der Waals surface area contributed by atoms with Crippen LogP contribution in [-0.4, -0.2) is 43.5 Å². The second kappa shape index (κ2) is 10.2. The first-order valence-corrected chi connectivity index (χ1v) is 10.8. The van der Waals surface area contributed by atoms with Crippen LogP contribution in [0.1, 0.15) is 18.1 Å². The number of methoxy groups -OCH3 is 2. The van der Waals surface area contributed by atoms with Crippen LogP contribution in [0.4, 0.5) is 8.78 Å². The largest absolute Gasteiger partial charge is 0.493 e. The minimum absolute atomic E-state index is 0.183. The van der Waals surface area contributed by atoms with E-state index in [2.05, 4.69) is 14.8 Å². The molecule has 1 aromatic heterocycles. The minimum atomic E-state index is -1.97. The summed E-state index contributed by atoms with van der Waals surface area (Å²) in [4.78, 5) is 3.82. The molecule has 0 saturated carbocycles. The third kappa shape index (κ3) is 5.12. The van der Waals surface area contributed by atoms with Gasteiger partial charge in [-0.15, -0.1) is 0 Å². The van der Waals surface area contributed by atoms with Crippen molar-refractivity contribution < 1.29 is 27.6 Å². The van der Waals surface area contributed by atoms with Crippen molar-refractivity contribution in [2.24, 2.45) is 0 Å². The van der Waals surface area contributed by atoms with Crippen LogP contribution in [0, 0.1) is 11.6 Å². The maximum absolute atomic E-state index is 14.6. The molecule has 0 fully saturated rings. The molecule has 0 amide bonds. The van der Waals surface area contributed by atoms with Gasteiger partial charge in [0.1, 0.15) is 29.9 Å². The first-order valence-electron chi connectivity index (χ1n) is 9.63. The molecule has 0 aliphatic rings. The lowest BCUT2D eigenvalue weighted by molar-refractivity contribution is 0.0119. The monoisotopic (exact) mass is 466 g/mol. The van der Waals surface area contributed by atoms with Crippen molar-refractivity contribution in [1.82, 2.24) is 19.5 Å². The van der Waals surface area contributed by atoms with Gasteiger partial charge in [-0.2, -0.15) is 5.10 Å². The maximum atomic E-state index is 14.6. The van der Waals surface area contributed by atoms with Gasteiger partial charge in [-0.1, -0.05) is 12.1 Å². The fraction of sp³-hybridized carbons (Fsp3) is 0.333. The summed E-state index contributed by atoms with van der Waals surface area (Å²) < 4.78 is 55.7. The molecule has 1 unspecified atom stereocenters. The van der Waals surface area contributed by atoms with Crippen LogP contribution in [-0.2, 0) is 29.7 Å². The molecule has 0 aliphatic carbocycles. The number of nitrogens with zero attached hydrogens (tertiary/aromatic N) is 3. The van der Waals surface area contributed by atoms with Crippen molar-refractivity contribution in [2.75, 3.05) is 14.2 Å². The molecule has 0 spiro atoms. The molecule has 172 valence electrons. The lowest BCUT2D eigenvalue weighted by Crippen LogP contribution is -2.47. The summed E-state index contributed by atoms with van der Waals surface area (Å²) in [5.41, 5.74) is -1.40. The molecule has 2 N–H and O–H groups in total. The Morgan fingerprint density at radius 2 is 1.94 bits per heavy atom. The molecule has 0 radical (unpaired) electrons. The fourth-order valence-corrected chi connectivity index (χ4v) is 4.40. The van der Waals surface area contributed by atoms with E-state index in [9.17, 15) is 18.1 Å². The summed E-state index contributed by atoms with van der Waals surface area (Å²) in [6.07, 6.45) is 2.61. The van der Waals surface area contributed by atoms with Crippen molar-refractivity contribution in [2.45, 2.75) is 30.9 Å². The van der Waals surface area contributed by atoms with Gasteiger partial charge in [-0.3, -0.25) is 0 Å². The molecule has 1 heterocycles. The zero-order valence-electron chi connectivity index (χ0n) is 17.8. The van der Waals surface area contributed by atoms with Crippen molar-refractivity contribution in [3.63, 3.8) is 0 Å². The van der Waals surface area contributed by atoms with E-state index in [4.69, 9.17) is 9.47 Å². The Balaban J connectivity index is 1.84. The number of aromatic nitrogens is 3. The van der Waals surface area contributed by atoms with Gasteiger partial charge in [-0.25, -0.2) is 27.4 Å². The molecular weight excluding hydrogens is 442 g/mol. The van der Waals surface area contributed by atoms with E-state index in [1.54, 1.807) is 18.2 Å². The second-order valence-corrected chi connectivity index (χ2v) is 8.68. The van der Waals surface area contributed by atoms with Crippen LogP contribution in [0.25, 0.3) is 0 Å². The Bertz CT molecular complexity index is 1080. The number of hydrogen-bond donors (Lipinski definition) is 2. The Morgan fingerprint density at radius 1 is 1.19 bits per heavy atom. The van der Waals surface area contributed by atoms with Crippen molar-refractivity contribution >= 4 is 11.0 Å². The van der Waals surface area contributed by atoms with Gasteiger partial charge in [0.2, 0.25) is 0 Å². The molecule has 8 nitrogen and oxygen atoms in total. The topological polar surface area (TPSA) is 98.5 Å². The molecule has 32 heavy (non-hydrogen) atoms. The van der Waals surface area contributed by atoms with Crippen LogP contribution in [0.15, 0.2) is 49.1 Å². The number of benzene rings is 2. The van der Waals surface area contributed by atoms with Crippen molar-refractivity contribution in [3.8, 4) is 11.5 Å². The van der Waals surface area contributed by atoms with Crippen LogP contribution >= 0.6 is 0 Å². The molecule has 3 rings (SSSR count).